The quantitative estimate of drug-likeness (QED) is 0.338. The normalized spacial score (nSPS) is 16.4. The van der Waals surface area contributed by atoms with Crippen LogP contribution in [0.25, 0.3) is 5.70 Å². The summed E-state index contributed by atoms with van der Waals surface area (Å²) in [5.74, 6) is 0.453. The van der Waals surface area contributed by atoms with Gasteiger partial charge in [0.25, 0.3) is 0 Å². The first-order valence-corrected chi connectivity index (χ1v) is 13.1. The van der Waals surface area contributed by atoms with Crippen molar-refractivity contribution in [1.29, 1.82) is 0 Å². The van der Waals surface area contributed by atoms with Gasteiger partial charge in [-0.05, 0) is 30.0 Å². The van der Waals surface area contributed by atoms with Crippen molar-refractivity contribution in [2.24, 2.45) is 4.99 Å². The molecule has 2 aromatic rings. The van der Waals surface area contributed by atoms with Crippen molar-refractivity contribution in [3.05, 3.63) is 76.3 Å². The van der Waals surface area contributed by atoms with E-state index in [0.29, 0.717) is 41.1 Å². The summed E-state index contributed by atoms with van der Waals surface area (Å²) in [6.45, 7) is 2.80. The average molecular weight is 538 g/mol. The number of rotatable bonds is 11. The molecule has 0 radical (unpaired) electrons. The van der Waals surface area contributed by atoms with Crippen LogP contribution in [0.3, 0.4) is 0 Å². The van der Waals surface area contributed by atoms with Crippen LogP contribution in [0.2, 0.25) is 0 Å². The van der Waals surface area contributed by atoms with Gasteiger partial charge >= 0.3 is 5.97 Å². The lowest BCUT2D eigenvalue weighted by atomic mass is 9.91. The number of thioether (sulfide) groups is 1. The highest BCUT2D eigenvalue weighted by Crippen LogP contribution is 2.48. The van der Waals surface area contributed by atoms with Gasteiger partial charge in [0, 0.05) is 24.9 Å². The fraction of sp³-hybridized carbons (Fsp3) is 0.321. The van der Waals surface area contributed by atoms with Crippen molar-refractivity contribution in [2.45, 2.75) is 19.4 Å². The number of aliphatic imine (C=N–C) groups is 1. The van der Waals surface area contributed by atoms with Crippen LogP contribution in [-0.4, -0.2) is 63.0 Å². The number of methoxy groups -OCH3 is 3. The van der Waals surface area contributed by atoms with Crippen LogP contribution in [0.5, 0.6) is 11.5 Å². The molecule has 200 valence electrons. The Balaban J connectivity index is 1.86. The van der Waals surface area contributed by atoms with Gasteiger partial charge in [0.15, 0.2) is 16.7 Å². The van der Waals surface area contributed by atoms with E-state index >= 15 is 0 Å². The van der Waals surface area contributed by atoms with E-state index < -0.39 is 12.0 Å². The van der Waals surface area contributed by atoms with E-state index in [1.54, 1.807) is 34.3 Å². The molecule has 1 N–H and O–H groups in total. The Hall–Kier alpha value is -3.76. The first-order valence-electron chi connectivity index (χ1n) is 12.2. The standard InChI is InChI=1S/C28H31N3O6S/c1-5-37-27(33)24-25(18-9-7-6-8-10-18)30-28-31(20(17-38-28)16-23(32)29-13-14-34-2)26(24)19-11-12-21(35-3)22(15-19)36-4/h6-12,15,17,26H,5,13-14,16H2,1-4H3,(H,29,32)/t26-/m1/s1. The van der Waals surface area contributed by atoms with Crippen molar-refractivity contribution in [3.8, 4) is 11.5 Å². The molecule has 0 spiro atoms. The smallest absolute Gasteiger partial charge is 0.338 e. The van der Waals surface area contributed by atoms with Gasteiger partial charge in [-0.1, -0.05) is 48.2 Å². The lowest BCUT2D eigenvalue weighted by Gasteiger charge is -2.37. The third kappa shape index (κ3) is 5.71. The number of benzene rings is 2. The molecule has 2 heterocycles. The minimum Gasteiger partial charge on any atom is -0.493 e. The van der Waals surface area contributed by atoms with E-state index in [0.717, 1.165) is 16.8 Å². The second kappa shape index (κ2) is 12.7. The topological polar surface area (TPSA) is 98.7 Å². The number of hydrogen-bond donors (Lipinski definition) is 1. The fourth-order valence-electron chi connectivity index (χ4n) is 4.35. The van der Waals surface area contributed by atoms with Gasteiger partial charge < -0.3 is 29.2 Å². The average Bonchev–Trinajstić information content (AvgIpc) is 3.34. The fourth-order valence-corrected chi connectivity index (χ4v) is 5.26. The number of esters is 1. The second-order valence-corrected chi connectivity index (χ2v) is 9.21. The van der Waals surface area contributed by atoms with Crippen LogP contribution in [0.15, 0.2) is 70.2 Å². The zero-order valence-corrected chi connectivity index (χ0v) is 22.7. The Morgan fingerprint density at radius 2 is 1.82 bits per heavy atom. The molecule has 0 saturated carbocycles. The van der Waals surface area contributed by atoms with Gasteiger partial charge in [-0.25, -0.2) is 9.79 Å². The number of amidine groups is 1. The number of ether oxygens (including phenoxy) is 4. The molecule has 1 atom stereocenters. The number of fused-ring (bicyclic) bond motifs is 1. The molecule has 0 fully saturated rings. The Kier molecular flexibility index (Phi) is 9.09. The summed E-state index contributed by atoms with van der Waals surface area (Å²) in [6.07, 6.45) is 0.107. The molecule has 0 saturated heterocycles. The second-order valence-electron chi connectivity index (χ2n) is 8.38. The summed E-state index contributed by atoms with van der Waals surface area (Å²) in [6, 6.07) is 14.4. The first kappa shape index (κ1) is 27.3. The SMILES string of the molecule is CCOC(=O)C1=C(c2ccccc2)N=C2SC=C(CC(=O)NCCOC)N2[C@@H]1c1ccc(OC)c(OC)c1. The Bertz CT molecular complexity index is 1270. The highest BCUT2D eigenvalue weighted by molar-refractivity contribution is 8.16. The lowest BCUT2D eigenvalue weighted by Crippen LogP contribution is -2.38. The zero-order valence-electron chi connectivity index (χ0n) is 21.9. The van der Waals surface area contributed by atoms with E-state index in [4.69, 9.17) is 23.9 Å². The van der Waals surface area contributed by atoms with Crippen molar-refractivity contribution in [1.82, 2.24) is 10.2 Å². The summed E-state index contributed by atoms with van der Waals surface area (Å²) in [4.78, 5) is 33.2. The third-order valence-electron chi connectivity index (χ3n) is 6.05. The van der Waals surface area contributed by atoms with Crippen LogP contribution in [0.1, 0.15) is 30.5 Å². The molecule has 38 heavy (non-hydrogen) atoms. The number of nitrogens with zero attached hydrogens (tertiary/aromatic N) is 2. The third-order valence-corrected chi connectivity index (χ3v) is 6.93. The molecule has 0 aromatic heterocycles. The minimum absolute atomic E-state index is 0.107. The van der Waals surface area contributed by atoms with Crippen molar-refractivity contribution in [2.75, 3.05) is 41.1 Å². The van der Waals surface area contributed by atoms with Gasteiger partial charge in [-0.3, -0.25) is 4.79 Å². The van der Waals surface area contributed by atoms with E-state index in [2.05, 4.69) is 5.32 Å². The van der Waals surface area contributed by atoms with E-state index in [-0.39, 0.29) is 18.9 Å². The lowest BCUT2D eigenvalue weighted by molar-refractivity contribution is -0.139. The molecular formula is C28H31N3O6S. The van der Waals surface area contributed by atoms with Crippen molar-refractivity contribution >= 4 is 34.5 Å². The van der Waals surface area contributed by atoms with Gasteiger partial charge in [-0.2, -0.15) is 0 Å². The van der Waals surface area contributed by atoms with Crippen LogP contribution in [-0.2, 0) is 19.1 Å². The van der Waals surface area contributed by atoms with Gasteiger partial charge in [0.2, 0.25) is 5.91 Å². The number of amides is 1. The zero-order chi connectivity index (χ0) is 27.1. The predicted molar refractivity (Wildman–Crippen MR) is 147 cm³/mol. The summed E-state index contributed by atoms with van der Waals surface area (Å²) in [7, 11) is 4.72. The molecule has 2 aliphatic heterocycles. The molecule has 2 aromatic carbocycles. The van der Waals surface area contributed by atoms with Crippen LogP contribution in [0.4, 0.5) is 0 Å². The molecule has 2 aliphatic rings. The van der Waals surface area contributed by atoms with Crippen LogP contribution < -0.4 is 14.8 Å². The first-order chi connectivity index (χ1) is 18.5. The predicted octanol–water partition coefficient (Wildman–Crippen LogP) is 4.13. The highest BCUT2D eigenvalue weighted by atomic mass is 32.2. The highest BCUT2D eigenvalue weighted by Gasteiger charge is 2.42. The molecule has 0 bridgehead atoms. The van der Waals surface area contributed by atoms with E-state index in [1.165, 1.54) is 11.8 Å². The van der Waals surface area contributed by atoms with E-state index in [1.807, 2.05) is 52.8 Å². The molecule has 4 rings (SSSR count). The Morgan fingerprint density at radius 3 is 2.50 bits per heavy atom. The monoisotopic (exact) mass is 537 g/mol. The van der Waals surface area contributed by atoms with Gasteiger partial charge in [-0.15, -0.1) is 0 Å². The molecule has 9 nitrogen and oxygen atoms in total. The summed E-state index contributed by atoms with van der Waals surface area (Å²) in [5, 5.41) is 5.43. The van der Waals surface area contributed by atoms with Crippen LogP contribution in [0, 0.1) is 0 Å². The Morgan fingerprint density at radius 1 is 1.05 bits per heavy atom. The van der Waals surface area contributed by atoms with Crippen molar-refractivity contribution in [3.63, 3.8) is 0 Å². The maximum absolute atomic E-state index is 13.6. The number of carbonyl (C=O) groups is 2. The number of carbonyl (C=O) groups excluding carboxylic acids is 2. The summed E-state index contributed by atoms with van der Waals surface area (Å²) in [5.41, 5.74) is 3.18. The van der Waals surface area contributed by atoms with E-state index in [9.17, 15) is 9.59 Å². The van der Waals surface area contributed by atoms with Crippen LogP contribution >= 0.6 is 11.8 Å². The molecule has 0 aliphatic carbocycles. The summed E-state index contributed by atoms with van der Waals surface area (Å²) >= 11 is 1.41. The van der Waals surface area contributed by atoms with Crippen molar-refractivity contribution < 1.29 is 28.5 Å². The maximum Gasteiger partial charge on any atom is 0.338 e. The minimum atomic E-state index is -0.621. The molecule has 0 unspecified atom stereocenters. The Labute approximate surface area is 226 Å². The van der Waals surface area contributed by atoms with Gasteiger partial charge in [0.05, 0.1) is 51.2 Å². The molecular weight excluding hydrogens is 506 g/mol. The number of nitrogens with one attached hydrogen (secondary N) is 1. The molecule has 10 heteroatoms. The van der Waals surface area contributed by atoms with Gasteiger partial charge in [0.1, 0.15) is 0 Å². The largest absolute Gasteiger partial charge is 0.493 e. The molecule has 1 amide bonds. The summed E-state index contributed by atoms with van der Waals surface area (Å²) < 4.78 is 21.6. The maximum atomic E-state index is 13.6. The number of hydrogen-bond acceptors (Lipinski definition) is 9.